The van der Waals surface area contributed by atoms with Crippen molar-refractivity contribution in [3.63, 3.8) is 0 Å². The molecule has 2 aromatic heterocycles. The number of ether oxygens (including phenoxy) is 1. The van der Waals surface area contributed by atoms with Gasteiger partial charge >= 0.3 is 5.97 Å². The summed E-state index contributed by atoms with van der Waals surface area (Å²) in [6, 6.07) is 3.59. The van der Waals surface area contributed by atoms with E-state index in [0.717, 1.165) is 11.1 Å². The first kappa shape index (κ1) is 20.6. The zero-order valence-electron chi connectivity index (χ0n) is 17.2. The summed E-state index contributed by atoms with van der Waals surface area (Å²) in [5, 5.41) is 14.9. The maximum Gasteiger partial charge on any atom is 0.328 e. The smallest absolute Gasteiger partial charge is 0.328 e. The molecule has 8 heteroatoms. The Morgan fingerprint density at radius 2 is 1.79 bits per heavy atom. The highest BCUT2D eigenvalue weighted by atomic mass is 16.6. The van der Waals surface area contributed by atoms with E-state index in [0.29, 0.717) is 22.3 Å². The van der Waals surface area contributed by atoms with Crippen LogP contribution >= 0.6 is 0 Å². The quantitative estimate of drug-likeness (QED) is 0.522. The minimum Gasteiger partial charge on any atom is -0.459 e. The lowest BCUT2D eigenvalue weighted by Gasteiger charge is -2.19. The molecular weight excluding hydrogens is 372 g/mol. The first-order valence-corrected chi connectivity index (χ1v) is 9.25. The van der Waals surface area contributed by atoms with Crippen molar-refractivity contribution in [3.8, 4) is 11.1 Å². The number of benzene rings is 1. The molecule has 0 saturated carbocycles. The number of hydrogen-bond acceptors (Lipinski definition) is 7. The minimum atomic E-state index is -0.637. The third-order valence-corrected chi connectivity index (χ3v) is 4.24. The van der Waals surface area contributed by atoms with Gasteiger partial charge in [0.05, 0.1) is 12.1 Å². The van der Waals surface area contributed by atoms with E-state index in [4.69, 9.17) is 4.74 Å². The number of rotatable bonds is 5. The van der Waals surface area contributed by atoms with E-state index >= 15 is 0 Å². The highest BCUT2D eigenvalue weighted by Crippen LogP contribution is 2.30. The van der Waals surface area contributed by atoms with Gasteiger partial charge in [0.25, 0.3) is 0 Å². The van der Waals surface area contributed by atoms with Gasteiger partial charge in [-0.1, -0.05) is 0 Å². The van der Waals surface area contributed by atoms with Gasteiger partial charge in [-0.25, -0.2) is 9.97 Å². The number of aromatic nitrogens is 4. The van der Waals surface area contributed by atoms with Crippen LogP contribution in [0, 0.1) is 6.92 Å². The van der Waals surface area contributed by atoms with Gasteiger partial charge in [0.2, 0.25) is 0 Å². The van der Waals surface area contributed by atoms with Gasteiger partial charge in [0, 0.05) is 35.8 Å². The van der Waals surface area contributed by atoms with Gasteiger partial charge in [0.1, 0.15) is 23.7 Å². The molecule has 3 rings (SSSR count). The molecule has 0 aliphatic heterocycles. The number of fused-ring (bicyclic) bond motifs is 1. The molecule has 29 heavy (non-hydrogen) atoms. The van der Waals surface area contributed by atoms with Crippen LogP contribution in [0.2, 0.25) is 0 Å². The first-order valence-electron chi connectivity index (χ1n) is 9.25. The van der Waals surface area contributed by atoms with Crippen molar-refractivity contribution in [1.29, 1.82) is 0 Å². The van der Waals surface area contributed by atoms with Crippen molar-refractivity contribution in [2.24, 2.45) is 0 Å². The van der Waals surface area contributed by atoms with Gasteiger partial charge in [-0.05, 0) is 45.4 Å². The van der Waals surface area contributed by atoms with Crippen molar-refractivity contribution in [3.05, 3.63) is 41.6 Å². The lowest BCUT2D eigenvalue weighted by molar-refractivity contribution is -0.155. The Morgan fingerprint density at radius 3 is 2.34 bits per heavy atom. The second-order valence-electron chi connectivity index (χ2n) is 7.86. The Balaban J connectivity index is 2.16. The molecule has 0 aliphatic rings. The SMILES string of the molecule is CC(=O)c1nn(CC(=O)OC(C)(C)C)c2c(CO)cc(-c3cnc(C)nc3)cc12. The van der Waals surface area contributed by atoms with Gasteiger partial charge < -0.3 is 9.84 Å². The number of aliphatic hydroxyl groups is 1. The molecule has 1 N–H and O–H groups in total. The maximum absolute atomic E-state index is 12.3. The topological polar surface area (TPSA) is 107 Å². The molecule has 0 spiro atoms. The summed E-state index contributed by atoms with van der Waals surface area (Å²) in [5.41, 5.74) is 2.17. The summed E-state index contributed by atoms with van der Waals surface area (Å²) in [7, 11) is 0. The fraction of sp³-hybridized carbons (Fsp3) is 0.381. The largest absolute Gasteiger partial charge is 0.459 e. The van der Waals surface area contributed by atoms with E-state index in [1.54, 1.807) is 52.2 Å². The van der Waals surface area contributed by atoms with Gasteiger partial charge in [0.15, 0.2) is 5.78 Å². The molecule has 0 fully saturated rings. The van der Waals surface area contributed by atoms with Crippen LogP contribution in [0.3, 0.4) is 0 Å². The van der Waals surface area contributed by atoms with Crippen LogP contribution < -0.4 is 0 Å². The van der Waals surface area contributed by atoms with Crippen LogP contribution in [0.4, 0.5) is 0 Å². The number of carbonyl (C=O) groups is 2. The third kappa shape index (κ3) is 4.48. The summed E-state index contributed by atoms with van der Waals surface area (Å²) >= 11 is 0. The zero-order chi connectivity index (χ0) is 21.3. The molecular formula is C21H24N4O4. The molecule has 0 amide bonds. The Labute approximate surface area is 168 Å². The molecule has 1 aromatic carbocycles. The maximum atomic E-state index is 12.3. The number of Topliss-reactive ketones (excluding diaryl/α,β-unsaturated/α-hetero) is 1. The van der Waals surface area contributed by atoms with Crippen molar-refractivity contribution in [2.45, 2.75) is 53.4 Å². The van der Waals surface area contributed by atoms with E-state index in [1.807, 2.05) is 0 Å². The highest BCUT2D eigenvalue weighted by molar-refractivity contribution is 6.06. The number of aliphatic hydroxyl groups excluding tert-OH is 1. The summed E-state index contributed by atoms with van der Waals surface area (Å²) in [6.07, 6.45) is 3.37. The lowest BCUT2D eigenvalue weighted by Crippen LogP contribution is -2.27. The van der Waals surface area contributed by atoms with Crippen LogP contribution in [0.1, 0.15) is 49.6 Å². The van der Waals surface area contributed by atoms with E-state index in [1.165, 1.54) is 11.6 Å². The molecule has 0 radical (unpaired) electrons. The Kier molecular flexibility index (Phi) is 5.48. The Hall–Kier alpha value is -3.13. The van der Waals surface area contributed by atoms with E-state index < -0.39 is 11.6 Å². The zero-order valence-corrected chi connectivity index (χ0v) is 17.2. The standard InChI is InChI=1S/C21H24N4O4/c1-12(27)19-17-7-14(16-8-22-13(2)23-9-16)6-15(11-26)20(17)25(24-19)10-18(28)29-21(3,4)5/h6-9,26H,10-11H2,1-5H3. The first-order chi connectivity index (χ1) is 13.6. The number of hydrogen-bond donors (Lipinski definition) is 1. The minimum absolute atomic E-state index is 0.166. The van der Waals surface area contributed by atoms with Crippen molar-refractivity contribution in [1.82, 2.24) is 19.7 Å². The molecule has 0 aliphatic carbocycles. The summed E-state index contributed by atoms with van der Waals surface area (Å²) in [5.74, 6) is -0.0668. The van der Waals surface area contributed by atoms with Crippen LogP contribution in [0.25, 0.3) is 22.0 Å². The molecule has 2 heterocycles. The summed E-state index contributed by atoms with van der Waals surface area (Å²) < 4.78 is 6.79. The van der Waals surface area contributed by atoms with Crippen LogP contribution in [-0.4, -0.2) is 42.2 Å². The van der Waals surface area contributed by atoms with Crippen LogP contribution in [0.15, 0.2) is 24.5 Å². The molecule has 8 nitrogen and oxygen atoms in total. The van der Waals surface area contributed by atoms with E-state index in [2.05, 4.69) is 15.1 Å². The number of esters is 1. The monoisotopic (exact) mass is 396 g/mol. The predicted octanol–water partition coefficient (Wildman–Crippen LogP) is 2.84. The van der Waals surface area contributed by atoms with Crippen LogP contribution in [0.5, 0.6) is 0 Å². The average molecular weight is 396 g/mol. The normalized spacial score (nSPS) is 11.7. The average Bonchev–Trinajstić information content (AvgIpc) is 2.98. The summed E-state index contributed by atoms with van der Waals surface area (Å²) in [6.45, 7) is 8.10. The van der Waals surface area contributed by atoms with Crippen molar-refractivity contribution < 1.29 is 19.4 Å². The van der Waals surface area contributed by atoms with E-state index in [9.17, 15) is 14.7 Å². The predicted molar refractivity (Wildman–Crippen MR) is 107 cm³/mol. The fourth-order valence-electron chi connectivity index (χ4n) is 3.10. The number of nitrogens with zero attached hydrogens (tertiary/aromatic N) is 4. The second kappa shape index (κ2) is 7.71. The fourth-order valence-corrected chi connectivity index (χ4v) is 3.10. The van der Waals surface area contributed by atoms with Gasteiger partial charge in [-0.3, -0.25) is 14.3 Å². The number of aryl methyl sites for hydroxylation is 1. The Morgan fingerprint density at radius 1 is 1.14 bits per heavy atom. The molecule has 0 bridgehead atoms. The lowest BCUT2D eigenvalue weighted by atomic mass is 10.0. The molecule has 0 unspecified atom stereocenters. The van der Waals surface area contributed by atoms with E-state index in [-0.39, 0.29) is 24.6 Å². The third-order valence-electron chi connectivity index (χ3n) is 4.24. The van der Waals surface area contributed by atoms with Crippen molar-refractivity contribution >= 4 is 22.7 Å². The molecule has 0 saturated heterocycles. The molecule has 3 aromatic rings. The van der Waals surface area contributed by atoms with Gasteiger partial charge in [-0.2, -0.15) is 5.10 Å². The highest BCUT2D eigenvalue weighted by Gasteiger charge is 2.22. The Bertz CT molecular complexity index is 1080. The number of carbonyl (C=O) groups excluding carboxylic acids is 2. The van der Waals surface area contributed by atoms with Gasteiger partial charge in [-0.15, -0.1) is 0 Å². The summed E-state index contributed by atoms with van der Waals surface area (Å²) in [4.78, 5) is 32.9. The second-order valence-corrected chi connectivity index (χ2v) is 7.86. The van der Waals surface area contributed by atoms with Crippen molar-refractivity contribution in [2.75, 3.05) is 0 Å². The molecule has 152 valence electrons. The molecule has 0 atom stereocenters. The number of ketones is 1. The van der Waals surface area contributed by atoms with Crippen LogP contribution in [-0.2, 0) is 22.7 Å².